The van der Waals surface area contributed by atoms with Gasteiger partial charge < -0.3 is 9.64 Å². The van der Waals surface area contributed by atoms with Crippen molar-refractivity contribution >= 4 is 27.5 Å². The van der Waals surface area contributed by atoms with E-state index >= 15 is 0 Å². The van der Waals surface area contributed by atoms with E-state index in [-0.39, 0.29) is 16.1 Å². The van der Waals surface area contributed by atoms with Crippen molar-refractivity contribution in [2.45, 2.75) is 57.3 Å². The molecule has 1 unspecified atom stereocenters. The molecule has 0 aliphatic carbocycles. The second-order valence-corrected chi connectivity index (χ2v) is 9.18. The number of sulfone groups is 1. The fraction of sp³-hybridized carbons (Fsp3) is 0.667. The number of carbonyl (C=O) groups is 1. The first kappa shape index (κ1) is 18.9. The second-order valence-electron chi connectivity index (χ2n) is 6.87. The van der Waals surface area contributed by atoms with Crippen LogP contribution in [-0.2, 0) is 14.6 Å². The molecule has 0 N–H and O–H groups in total. The molecule has 1 aliphatic rings. The maximum atomic E-state index is 12.6. The molecule has 1 saturated heterocycles. The monoisotopic (exact) mass is 375 g/mol. The lowest BCUT2D eigenvalue weighted by molar-refractivity contribution is 0.0241. The second kappa shape index (κ2) is 6.84. The van der Waals surface area contributed by atoms with Crippen LogP contribution in [0.15, 0.2) is 11.2 Å². The minimum absolute atomic E-state index is 0.0801. The Balaban J connectivity index is 2.17. The van der Waals surface area contributed by atoms with Crippen LogP contribution in [0.4, 0.5) is 4.79 Å². The van der Waals surface area contributed by atoms with Gasteiger partial charge in [0.25, 0.3) is 0 Å². The SMILES string of the molecule is Cc1cc(Cl)nc(S(=O)(=O)CC2CCCN2C(=O)OC(C)(C)C)n1. The number of likely N-dealkylation sites (tertiary alicyclic amines) is 1. The molecular weight excluding hydrogens is 354 g/mol. The van der Waals surface area contributed by atoms with E-state index in [2.05, 4.69) is 9.97 Å². The Morgan fingerprint density at radius 3 is 2.67 bits per heavy atom. The van der Waals surface area contributed by atoms with Crippen LogP contribution >= 0.6 is 11.6 Å². The van der Waals surface area contributed by atoms with Crippen molar-refractivity contribution in [3.63, 3.8) is 0 Å². The third-order valence-corrected chi connectivity index (χ3v) is 5.25. The van der Waals surface area contributed by atoms with E-state index in [4.69, 9.17) is 16.3 Å². The summed E-state index contributed by atoms with van der Waals surface area (Å²) in [6, 6.07) is 1.04. The molecule has 2 rings (SSSR count). The van der Waals surface area contributed by atoms with E-state index in [0.717, 1.165) is 6.42 Å². The third kappa shape index (κ3) is 4.80. The molecule has 1 fully saturated rings. The van der Waals surface area contributed by atoms with E-state index in [0.29, 0.717) is 18.7 Å². The molecule has 1 aromatic heterocycles. The zero-order valence-electron chi connectivity index (χ0n) is 14.2. The van der Waals surface area contributed by atoms with Gasteiger partial charge in [0.05, 0.1) is 5.75 Å². The molecule has 1 amide bonds. The fourth-order valence-corrected chi connectivity index (χ4v) is 4.35. The predicted molar refractivity (Wildman–Crippen MR) is 89.8 cm³/mol. The van der Waals surface area contributed by atoms with E-state index in [1.807, 2.05) is 0 Å². The average Bonchev–Trinajstić information content (AvgIpc) is 2.83. The molecule has 7 nitrogen and oxygen atoms in total. The van der Waals surface area contributed by atoms with E-state index in [9.17, 15) is 13.2 Å². The van der Waals surface area contributed by atoms with E-state index in [1.165, 1.54) is 11.0 Å². The van der Waals surface area contributed by atoms with Gasteiger partial charge in [-0.25, -0.2) is 23.2 Å². The summed E-state index contributed by atoms with van der Waals surface area (Å²) in [6.45, 7) is 7.44. The number of ether oxygens (including phenoxy) is 1. The highest BCUT2D eigenvalue weighted by molar-refractivity contribution is 7.91. The van der Waals surface area contributed by atoms with Crippen molar-refractivity contribution in [2.24, 2.45) is 0 Å². The Labute approximate surface area is 147 Å². The van der Waals surface area contributed by atoms with Crippen LogP contribution in [0, 0.1) is 6.92 Å². The van der Waals surface area contributed by atoms with E-state index < -0.39 is 27.6 Å². The first-order valence-electron chi connectivity index (χ1n) is 7.71. The van der Waals surface area contributed by atoms with Gasteiger partial charge in [-0.15, -0.1) is 0 Å². The summed E-state index contributed by atoms with van der Waals surface area (Å²) in [5.74, 6) is -0.244. The van der Waals surface area contributed by atoms with Gasteiger partial charge >= 0.3 is 6.09 Å². The minimum Gasteiger partial charge on any atom is -0.444 e. The van der Waals surface area contributed by atoms with Crippen LogP contribution in [0.3, 0.4) is 0 Å². The number of aromatic nitrogens is 2. The van der Waals surface area contributed by atoms with Crippen molar-refractivity contribution < 1.29 is 17.9 Å². The third-order valence-electron chi connectivity index (χ3n) is 3.50. The molecule has 1 aromatic rings. The maximum absolute atomic E-state index is 12.6. The van der Waals surface area contributed by atoms with Gasteiger partial charge in [-0.2, -0.15) is 0 Å². The minimum atomic E-state index is -3.75. The van der Waals surface area contributed by atoms with Gasteiger partial charge in [0.1, 0.15) is 10.8 Å². The zero-order chi connectivity index (χ0) is 18.1. The Morgan fingerprint density at radius 1 is 1.42 bits per heavy atom. The molecule has 2 heterocycles. The van der Waals surface area contributed by atoms with Crippen molar-refractivity contribution in [3.8, 4) is 0 Å². The smallest absolute Gasteiger partial charge is 0.410 e. The van der Waals surface area contributed by atoms with Gasteiger partial charge in [-0.3, -0.25) is 0 Å². The first-order valence-corrected chi connectivity index (χ1v) is 9.74. The van der Waals surface area contributed by atoms with Gasteiger partial charge in [-0.05, 0) is 46.6 Å². The normalized spacial score (nSPS) is 18.7. The molecular formula is C15H22ClN3O4S. The average molecular weight is 376 g/mol. The number of amides is 1. The molecule has 1 aliphatic heterocycles. The van der Waals surface area contributed by atoms with E-state index in [1.54, 1.807) is 27.7 Å². The number of hydrogen-bond acceptors (Lipinski definition) is 6. The summed E-state index contributed by atoms with van der Waals surface area (Å²) in [6.07, 6.45) is 0.829. The Bertz CT molecular complexity index is 710. The molecule has 0 spiro atoms. The summed E-state index contributed by atoms with van der Waals surface area (Å²) in [4.78, 5) is 21.5. The molecule has 134 valence electrons. The van der Waals surface area contributed by atoms with Gasteiger partial charge in [0.15, 0.2) is 0 Å². The largest absolute Gasteiger partial charge is 0.444 e. The Hall–Kier alpha value is -1.41. The molecule has 0 saturated carbocycles. The quantitative estimate of drug-likeness (QED) is 0.595. The maximum Gasteiger partial charge on any atom is 0.410 e. The molecule has 1 atom stereocenters. The zero-order valence-corrected chi connectivity index (χ0v) is 15.8. The highest BCUT2D eigenvalue weighted by Gasteiger charge is 2.36. The van der Waals surface area contributed by atoms with Gasteiger partial charge in [-0.1, -0.05) is 11.6 Å². The lowest BCUT2D eigenvalue weighted by Crippen LogP contribution is -2.42. The van der Waals surface area contributed by atoms with Crippen LogP contribution in [0.5, 0.6) is 0 Å². The van der Waals surface area contributed by atoms with Crippen LogP contribution in [0.1, 0.15) is 39.3 Å². The van der Waals surface area contributed by atoms with Gasteiger partial charge in [0.2, 0.25) is 15.0 Å². The number of nitrogens with zero attached hydrogens (tertiary/aromatic N) is 3. The topological polar surface area (TPSA) is 89.5 Å². The van der Waals surface area contributed by atoms with Crippen molar-refractivity contribution in [1.29, 1.82) is 0 Å². The lowest BCUT2D eigenvalue weighted by atomic mass is 10.2. The highest BCUT2D eigenvalue weighted by atomic mass is 35.5. The molecule has 24 heavy (non-hydrogen) atoms. The van der Waals surface area contributed by atoms with Crippen LogP contribution in [0.2, 0.25) is 5.15 Å². The lowest BCUT2D eigenvalue weighted by Gasteiger charge is -2.28. The van der Waals surface area contributed by atoms with Crippen LogP contribution in [-0.4, -0.2) is 53.3 Å². The van der Waals surface area contributed by atoms with Crippen LogP contribution < -0.4 is 0 Å². The highest BCUT2D eigenvalue weighted by Crippen LogP contribution is 2.24. The molecule has 0 bridgehead atoms. The number of aryl methyl sites for hydroxylation is 1. The number of carbonyl (C=O) groups excluding carboxylic acids is 1. The number of halogens is 1. The number of rotatable bonds is 3. The first-order chi connectivity index (χ1) is 11.0. The van der Waals surface area contributed by atoms with Crippen molar-refractivity contribution in [3.05, 3.63) is 16.9 Å². The standard InChI is InChI=1S/C15H22ClN3O4S/c1-10-8-12(16)18-13(17-10)24(21,22)9-11-6-5-7-19(11)14(20)23-15(2,3)4/h8,11H,5-7,9H2,1-4H3. The van der Waals surface area contributed by atoms with Crippen LogP contribution in [0.25, 0.3) is 0 Å². The molecule has 9 heteroatoms. The number of hydrogen-bond donors (Lipinski definition) is 0. The summed E-state index contributed by atoms with van der Waals surface area (Å²) in [5.41, 5.74) is -0.153. The Kier molecular flexibility index (Phi) is 5.39. The summed E-state index contributed by atoms with van der Waals surface area (Å²) in [5, 5.41) is -0.222. The summed E-state index contributed by atoms with van der Waals surface area (Å²) in [7, 11) is -3.75. The Morgan fingerprint density at radius 2 is 2.08 bits per heavy atom. The van der Waals surface area contributed by atoms with Crippen molar-refractivity contribution in [1.82, 2.24) is 14.9 Å². The van der Waals surface area contributed by atoms with Crippen molar-refractivity contribution in [2.75, 3.05) is 12.3 Å². The molecule has 0 aromatic carbocycles. The predicted octanol–water partition coefficient (Wildman–Crippen LogP) is 2.61. The fourth-order valence-electron chi connectivity index (χ4n) is 2.54. The molecule has 0 radical (unpaired) electrons. The summed E-state index contributed by atoms with van der Waals surface area (Å²) < 4.78 is 30.5. The summed E-state index contributed by atoms with van der Waals surface area (Å²) >= 11 is 5.82. The van der Waals surface area contributed by atoms with Gasteiger partial charge in [0, 0.05) is 18.3 Å².